The average Bonchev–Trinajstić information content (AvgIpc) is 2.73. The normalized spacial score (nSPS) is 10.7. The molecule has 3 aromatic carbocycles. The van der Waals surface area contributed by atoms with Crippen molar-refractivity contribution >= 4 is 29.2 Å². The van der Waals surface area contributed by atoms with Crippen LogP contribution < -0.4 is 34.6 Å². The topological polar surface area (TPSA) is 98.3 Å². The van der Waals surface area contributed by atoms with Crippen LogP contribution in [-0.4, -0.2) is 17.8 Å². The Kier molecular flexibility index (Phi) is 8.09. The van der Waals surface area contributed by atoms with Gasteiger partial charge in [0, 0.05) is 23.7 Å². The van der Waals surface area contributed by atoms with Gasteiger partial charge in [0.15, 0.2) is 0 Å². The summed E-state index contributed by atoms with van der Waals surface area (Å²) in [7, 11) is 0. The molecule has 0 aromatic heterocycles. The average molecular weight is 448 g/mol. The first-order chi connectivity index (χ1) is 15.0. The number of carbonyl (C=O) groups excluding carboxylic acids is 3. The molecule has 0 heterocycles. The Labute approximate surface area is 199 Å². The molecular formula is C23H16F3LiN2O4. The molecule has 0 fully saturated rings. The fourth-order valence-corrected chi connectivity index (χ4v) is 2.99. The number of amides is 2. The van der Waals surface area contributed by atoms with Gasteiger partial charge < -0.3 is 20.5 Å². The fraction of sp³-hybridized carbons (Fsp3) is 0.0870. The van der Waals surface area contributed by atoms with E-state index < -0.39 is 23.6 Å². The molecule has 2 N–H and O–H groups in total. The number of anilines is 2. The first kappa shape index (κ1) is 25.7. The minimum atomic E-state index is -4.54. The third-order valence-electron chi connectivity index (χ3n) is 4.48. The summed E-state index contributed by atoms with van der Waals surface area (Å²) in [6.45, 7) is 1.36. The van der Waals surface area contributed by atoms with Crippen molar-refractivity contribution in [1.29, 1.82) is 0 Å². The molecule has 0 saturated carbocycles. The summed E-state index contributed by atoms with van der Waals surface area (Å²) >= 11 is 0. The van der Waals surface area contributed by atoms with Gasteiger partial charge in [-0.3, -0.25) is 9.59 Å². The molecule has 0 atom stereocenters. The van der Waals surface area contributed by atoms with Crippen molar-refractivity contribution in [3.05, 3.63) is 83.4 Å². The number of nitrogens with one attached hydrogen (secondary N) is 2. The summed E-state index contributed by atoms with van der Waals surface area (Å²) in [5.41, 5.74) is 0.252. The Balaban J connectivity index is 0.00000385. The number of alkyl halides is 3. The van der Waals surface area contributed by atoms with Crippen LogP contribution in [0.3, 0.4) is 0 Å². The van der Waals surface area contributed by atoms with E-state index in [1.54, 1.807) is 30.3 Å². The summed E-state index contributed by atoms with van der Waals surface area (Å²) in [5.74, 6) is -2.59. The maximum Gasteiger partial charge on any atom is 1.00 e. The molecule has 0 aliphatic carbocycles. The van der Waals surface area contributed by atoms with Crippen molar-refractivity contribution in [2.24, 2.45) is 0 Å². The minimum Gasteiger partial charge on any atom is -0.545 e. The minimum absolute atomic E-state index is 0. The Morgan fingerprint density at radius 2 is 1.48 bits per heavy atom. The molecule has 3 aromatic rings. The van der Waals surface area contributed by atoms with Crippen molar-refractivity contribution in [3.63, 3.8) is 0 Å². The smallest absolute Gasteiger partial charge is 0.545 e. The molecule has 0 spiro atoms. The van der Waals surface area contributed by atoms with Crippen LogP contribution in [-0.2, 0) is 11.0 Å². The summed E-state index contributed by atoms with van der Waals surface area (Å²) in [4.78, 5) is 35.3. The number of hydrogen-bond donors (Lipinski definition) is 2. The molecule has 3 rings (SSSR count). The quantitative estimate of drug-likeness (QED) is 0.568. The fourth-order valence-electron chi connectivity index (χ4n) is 2.99. The zero-order chi connectivity index (χ0) is 23.5. The number of halogens is 3. The largest absolute Gasteiger partial charge is 1.00 e. The van der Waals surface area contributed by atoms with E-state index >= 15 is 0 Å². The van der Waals surface area contributed by atoms with Gasteiger partial charge in [-0.25, -0.2) is 0 Å². The first-order valence-electron chi connectivity index (χ1n) is 9.26. The molecule has 0 aliphatic heterocycles. The molecule has 0 bridgehead atoms. The number of benzene rings is 3. The van der Waals surface area contributed by atoms with Crippen LogP contribution in [0.2, 0.25) is 0 Å². The van der Waals surface area contributed by atoms with Gasteiger partial charge in [-0.1, -0.05) is 18.2 Å². The van der Waals surface area contributed by atoms with Gasteiger partial charge in [0.05, 0.1) is 17.2 Å². The maximum atomic E-state index is 12.7. The Morgan fingerprint density at radius 1 is 0.848 bits per heavy atom. The second kappa shape index (κ2) is 10.4. The molecule has 0 radical (unpaired) electrons. The van der Waals surface area contributed by atoms with Crippen molar-refractivity contribution < 1.29 is 51.5 Å². The first-order valence-corrected chi connectivity index (χ1v) is 9.26. The summed E-state index contributed by atoms with van der Waals surface area (Å²) in [6.07, 6.45) is -4.54. The number of hydrogen-bond acceptors (Lipinski definition) is 4. The van der Waals surface area contributed by atoms with Gasteiger partial charge in [-0.2, -0.15) is 13.2 Å². The number of carboxylic acids is 1. The molecular weight excluding hydrogens is 432 g/mol. The van der Waals surface area contributed by atoms with Gasteiger partial charge in [0.25, 0.3) is 5.91 Å². The Hall–Kier alpha value is -3.54. The molecule has 0 saturated heterocycles. The Morgan fingerprint density at radius 3 is 2.06 bits per heavy atom. The van der Waals surface area contributed by atoms with Crippen LogP contribution in [0.25, 0.3) is 11.1 Å². The monoisotopic (exact) mass is 448 g/mol. The summed E-state index contributed by atoms with van der Waals surface area (Å²) in [5, 5.41) is 16.7. The van der Waals surface area contributed by atoms with E-state index in [1.807, 2.05) is 0 Å². The van der Waals surface area contributed by atoms with E-state index in [1.165, 1.54) is 19.1 Å². The van der Waals surface area contributed by atoms with Crippen LogP contribution in [0, 0.1) is 0 Å². The zero-order valence-electron chi connectivity index (χ0n) is 17.6. The predicted octanol–water partition coefficient (Wildman–Crippen LogP) is 0.951. The molecule has 6 nitrogen and oxygen atoms in total. The predicted molar refractivity (Wildman–Crippen MR) is 110 cm³/mol. The Bertz CT molecular complexity index is 1200. The van der Waals surface area contributed by atoms with Crippen LogP contribution in [0.15, 0.2) is 66.7 Å². The van der Waals surface area contributed by atoms with Gasteiger partial charge in [0.1, 0.15) is 0 Å². The summed E-state index contributed by atoms with van der Waals surface area (Å²) < 4.78 is 38.0. The number of carbonyl (C=O) groups is 3. The van der Waals surface area contributed by atoms with E-state index in [0.717, 1.165) is 24.3 Å². The van der Waals surface area contributed by atoms with Crippen LogP contribution in [0.1, 0.15) is 33.2 Å². The maximum absolute atomic E-state index is 12.7. The molecule has 0 unspecified atom stereocenters. The standard InChI is InChI=1S/C23H17F3N2O4.Li/c1-13(29)27-18-4-2-3-15(11-18)16-7-10-20(19(12-16)22(31)32)28-21(30)14-5-8-17(9-6-14)23(24,25)26;/h2-12H,1H3,(H,27,29)(H,28,30)(H,31,32);/q;+1/p-1. The van der Waals surface area contributed by atoms with E-state index in [2.05, 4.69) is 10.6 Å². The molecule has 2 amide bonds. The van der Waals surface area contributed by atoms with Crippen molar-refractivity contribution in [2.75, 3.05) is 10.6 Å². The molecule has 164 valence electrons. The van der Waals surface area contributed by atoms with Crippen molar-refractivity contribution in [1.82, 2.24) is 0 Å². The second-order valence-electron chi connectivity index (χ2n) is 6.84. The number of carboxylic acid groups (broad SMARTS) is 1. The molecule has 33 heavy (non-hydrogen) atoms. The third kappa shape index (κ3) is 6.48. The van der Waals surface area contributed by atoms with Crippen LogP contribution in [0.5, 0.6) is 0 Å². The van der Waals surface area contributed by atoms with Gasteiger partial charge in [0.2, 0.25) is 5.91 Å². The van der Waals surface area contributed by atoms with Crippen molar-refractivity contribution in [3.8, 4) is 11.1 Å². The van der Waals surface area contributed by atoms with Crippen molar-refractivity contribution in [2.45, 2.75) is 13.1 Å². The van der Waals surface area contributed by atoms with E-state index in [0.29, 0.717) is 16.8 Å². The zero-order valence-corrected chi connectivity index (χ0v) is 17.6. The van der Waals surface area contributed by atoms with Gasteiger partial charge in [-0.05, 0) is 59.7 Å². The van der Waals surface area contributed by atoms with Gasteiger partial charge >= 0.3 is 25.0 Å². The summed E-state index contributed by atoms with van der Waals surface area (Å²) in [6, 6.07) is 14.4. The van der Waals surface area contributed by atoms with E-state index in [9.17, 15) is 32.7 Å². The third-order valence-corrected chi connectivity index (χ3v) is 4.48. The van der Waals surface area contributed by atoms with E-state index in [4.69, 9.17) is 0 Å². The van der Waals surface area contributed by atoms with Crippen LogP contribution in [0.4, 0.5) is 24.5 Å². The second-order valence-corrected chi connectivity index (χ2v) is 6.84. The molecule has 0 aliphatic rings. The van der Waals surface area contributed by atoms with E-state index in [-0.39, 0.29) is 41.6 Å². The SMILES string of the molecule is CC(=O)Nc1cccc(-c2ccc(NC(=O)c3ccc(C(F)(F)F)cc3)c(C(=O)[O-])c2)c1.[Li+]. The van der Waals surface area contributed by atoms with Crippen LogP contribution >= 0.6 is 0 Å². The molecule has 10 heteroatoms. The van der Waals surface area contributed by atoms with Gasteiger partial charge in [-0.15, -0.1) is 0 Å². The number of rotatable bonds is 5. The number of aromatic carboxylic acids is 1.